The molecule has 0 saturated heterocycles. The van der Waals surface area contributed by atoms with Crippen LogP contribution in [0.3, 0.4) is 0 Å². The minimum Gasteiger partial charge on any atom is -0.593 e. The quantitative estimate of drug-likeness (QED) is 0.493. The molecular weight excluding hydrogens is 446 g/mol. The average Bonchev–Trinajstić information content (AvgIpc) is 3.02. The SMILES string of the molecule is COc1cccc([S+](=O)([O-])N2CCc3nc(C(C)C)nc(-c4ccc(Cl)cc4)c3CC2)c1. The van der Waals surface area contributed by atoms with Crippen LogP contribution in [0.1, 0.15) is 36.8 Å². The van der Waals surface area contributed by atoms with E-state index in [9.17, 15) is 8.76 Å². The smallest absolute Gasteiger partial charge is 0.179 e. The van der Waals surface area contributed by atoms with E-state index >= 15 is 0 Å². The molecule has 0 spiro atoms. The van der Waals surface area contributed by atoms with Gasteiger partial charge in [0.25, 0.3) is 0 Å². The van der Waals surface area contributed by atoms with Crippen molar-refractivity contribution in [2.45, 2.75) is 37.5 Å². The van der Waals surface area contributed by atoms with Crippen LogP contribution in [-0.4, -0.2) is 39.0 Å². The lowest BCUT2D eigenvalue weighted by atomic mass is 10.00. The lowest BCUT2D eigenvalue weighted by molar-refractivity contribution is 0.361. The lowest BCUT2D eigenvalue weighted by Crippen LogP contribution is -2.38. The van der Waals surface area contributed by atoms with Crippen LogP contribution >= 0.6 is 11.6 Å². The summed E-state index contributed by atoms with van der Waals surface area (Å²) in [6.45, 7) is 4.84. The third-order valence-electron chi connectivity index (χ3n) is 5.63. The first-order valence-corrected chi connectivity index (χ1v) is 12.4. The van der Waals surface area contributed by atoms with Gasteiger partial charge in [0.2, 0.25) is 0 Å². The molecule has 3 aromatic rings. The first-order valence-electron chi connectivity index (χ1n) is 10.6. The van der Waals surface area contributed by atoms with Gasteiger partial charge in [-0.15, -0.1) is 4.31 Å². The zero-order valence-electron chi connectivity index (χ0n) is 18.4. The fourth-order valence-corrected chi connectivity index (χ4v) is 5.46. The molecule has 168 valence electrons. The molecule has 0 amide bonds. The number of rotatable bonds is 5. The molecule has 1 aromatic heterocycles. The monoisotopic (exact) mass is 471 g/mol. The Hall–Kier alpha value is -2.32. The number of nitrogens with zero attached hydrogens (tertiary/aromatic N) is 3. The molecule has 1 aliphatic heterocycles. The number of methoxy groups -OCH3 is 1. The summed E-state index contributed by atoms with van der Waals surface area (Å²) in [5.74, 6) is 1.44. The Balaban J connectivity index is 1.71. The van der Waals surface area contributed by atoms with Gasteiger partial charge in [-0.3, -0.25) is 0 Å². The van der Waals surface area contributed by atoms with Gasteiger partial charge < -0.3 is 9.29 Å². The maximum atomic E-state index is 13.3. The molecule has 0 saturated carbocycles. The van der Waals surface area contributed by atoms with E-state index in [4.69, 9.17) is 26.3 Å². The zero-order chi connectivity index (χ0) is 22.9. The van der Waals surface area contributed by atoms with Crippen molar-refractivity contribution in [2.75, 3.05) is 20.2 Å². The second kappa shape index (κ2) is 9.27. The van der Waals surface area contributed by atoms with Crippen molar-refractivity contribution in [3.05, 3.63) is 70.6 Å². The van der Waals surface area contributed by atoms with Crippen molar-refractivity contribution in [1.82, 2.24) is 14.3 Å². The van der Waals surface area contributed by atoms with Crippen LogP contribution in [0.2, 0.25) is 5.02 Å². The van der Waals surface area contributed by atoms with E-state index in [2.05, 4.69) is 13.8 Å². The number of aromatic nitrogens is 2. The molecule has 1 aliphatic rings. The van der Waals surface area contributed by atoms with Crippen LogP contribution in [0, 0.1) is 0 Å². The van der Waals surface area contributed by atoms with Gasteiger partial charge in [-0.05, 0) is 30.7 Å². The van der Waals surface area contributed by atoms with E-state index in [1.54, 1.807) is 24.3 Å². The summed E-state index contributed by atoms with van der Waals surface area (Å²) >= 11 is 6.08. The van der Waals surface area contributed by atoms with Crippen LogP contribution in [0.4, 0.5) is 0 Å². The van der Waals surface area contributed by atoms with Crippen molar-refractivity contribution in [2.24, 2.45) is 0 Å². The molecule has 2 aromatic carbocycles. The molecule has 8 heteroatoms. The zero-order valence-corrected chi connectivity index (χ0v) is 19.9. The molecule has 32 heavy (non-hydrogen) atoms. The predicted molar refractivity (Wildman–Crippen MR) is 126 cm³/mol. The van der Waals surface area contributed by atoms with Crippen LogP contribution in [0.15, 0.2) is 53.4 Å². The third-order valence-corrected chi connectivity index (χ3v) is 7.78. The van der Waals surface area contributed by atoms with E-state index < -0.39 is 10.4 Å². The van der Waals surface area contributed by atoms with Gasteiger partial charge in [-0.1, -0.05) is 47.9 Å². The van der Waals surface area contributed by atoms with Crippen LogP contribution in [-0.2, 0) is 27.5 Å². The second-order valence-corrected chi connectivity index (χ2v) is 10.5. The summed E-state index contributed by atoms with van der Waals surface area (Å²) in [6.07, 6.45) is 1.07. The van der Waals surface area contributed by atoms with E-state index in [-0.39, 0.29) is 10.8 Å². The molecule has 0 radical (unpaired) electrons. The normalized spacial score (nSPS) is 16.3. The first-order chi connectivity index (χ1) is 15.3. The van der Waals surface area contributed by atoms with Crippen molar-refractivity contribution in [3.63, 3.8) is 0 Å². The standard InChI is InChI=1S/C24H26ClN3O3S/c1-16(2)24-26-22-12-14-28(32(29,30)20-6-4-5-19(15-20)31-3)13-11-21(22)23(27-24)17-7-9-18(25)10-8-17/h4-10,15-16H,11-14H2,1-3H3. The fraction of sp³-hybridized carbons (Fsp3) is 0.333. The molecular formula is C24H26ClN3O3S. The van der Waals surface area contributed by atoms with Gasteiger partial charge in [0.15, 0.2) is 15.3 Å². The molecule has 1 unspecified atom stereocenters. The van der Waals surface area contributed by atoms with Crippen molar-refractivity contribution >= 4 is 22.0 Å². The largest absolute Gasteiger partial charge is 0.593 e. The highest BCUT2D eigenvalue weighted by atomic mass is 35.5. The summed E-state index contributed by atoms with van der Waals surface area (Å²) in [7, 11) is -2.13. The summed E-state index contributed by atoms with van der Waals surface area (Å²) in [4.78, 5) is 9.90. The summed E-state index contributed by atoms with van der Waals surface area (Å²) < 4.78 is 33.4. The number of halogens is 1. The Kier molecular flexibility index (Phi) is 6.62. The van der Waals surface area contributed by atoms with Crippen molar-refractivity contribution in [1.29, 1.82) is 0 Å². The van der Waals surface area contributed by atoms with E-state index in [1.165, 1.54) is 11.4 Å². The van der Waals surface area contributed by atoms with Gasteiger partial charge in [0, 0.05) is 53.3 Å². The predicted octanol–water partition coefficient (Wildman–Crippen LogP) is 4.93. The number of fused-ring (bicyclic) bond motifs is 1. The molecule has 0 bridgehead atoms. The highest BCUT2D eigenvalue weighted by Crippen LogP contribution is 2.32. The number of hydrogen-bond donors (Lipinski definition) is 0. The molecule has 0 aliphatic carbocycles. The highest BCUT2D eigenvalue weighted by Gasteiger charge is 2.33. The maximum absolute atomic E-state index is 13.3. The number of hydrogen-bond acceptors (Lipinski definition) is 5. The molecule has 4 rings (SSSR count). The van der Waals surface area contributed by atoms with E-state index in [0.29, 0.717) is 36.7 Å². The minimum absolute atomic E-state index is 0.159. The van der Waals surface area contributed by atoms with Crippen LogP contribution in [0.25, 0.3) is 11.3 Å². The van der Waals surface area contributed by atoms with Crippen molar-refractivity contribution < 1.29 is 13.5 Å². The summed E-state index contributed by atoms with van der Waals surface area (Å²) in [5.41, 5.74) is 3.73. The molecule has 0 fully saturated rings. The Labute approximate surface area is 195 Å². The number of ether oxygens (including phenoxy) is 1. The van der Waals surface area contributed by atoms with Gasteiger partial charge >= 0.3 is 0 Å². The highest BCUT2D eigenvalue weighted by molar-refractivity contribution is 7.95. The summed E-state index contributed by atoms with van der Waals surface area (Å²) in [6, 6.07) is 14.2. The molecule has 0 N–H and O–H groups in total. The second-order valence-electron chi connectivity index (χ2n) is 8.10. The molecule has 1 atom stereocenters. The topological polar surface area (TPSA) is 78.4 Å². The Morgan fingerprint density at radius 2 is 1.81 bits per heavy atom. The van der Waals surface area contributed by atoms with Crippen LogP contribution in [0.5, 0.6) is 5.75 Å². The van der Waals surface area contributed by atoms with Crippen LogP contribution < -0.4 is 4.74 Å². The van der Waals surface area contributed by atoms with Gasteiger partial charge in [-0.2, -0.15) is 0 Å². The summed E-state index contributed by atoms with van der Waals surface area (Å²) in [5, 5.41) is 0.661. The van der Waals surface area contributed by atoms with Gasteiger partial charge in [0.1, 0.15) is 11.6 Å². The van der Waals surface area contributed by atoms with Gasteiger partial charge in [0.05, 0.1) is 12.8 Å². The number of benzene rings is 2. The Morgan fingerprint density at radius 3 is 2.50 bits per heavy atom. The fourth-order valence-electron chi connectivity index (χ4n) is 3.85. The van der Waals surface area contributed by atoms with Crippen molar-refractivity contribution in [3.8, 4) is 17.0 Å². The first kappa shape index (κ1) is 22.9. The van der Waals surface area contributed by atoms with E-state index in [1.807, 2.05) is 24.3 Å². The Bertz CT molecular complexity index is 1170. The maximum Gasteiger partial charge on any atom is 0.179 e. The lowest BCUT2D eigenvalue weighted by Gasteiger charge is -2.26. The number of sulfonamides is 1. The molecule has 2 heterocycles. The minimum atomic E-state index is -3.66. The van der Waals surface area contributed by atoms with Gasteiger partial charge in [-0.25, -0.2) is 9.97 Å². The van der Waals surface area contributed by atoms with E-state index in [0.717, 1.165) is 28.3 Å². The Morgan fingerprint density at radius 1 is 1.09 bits per heavy atom. The average molecular weight is 472 g/mol. The third kappa shape index (κ3) is 4.57. The molecule has 6 nitrogen and oxygen atoms in total.